The lowest BCUT2D eigenvalue weighted by Gasteiger charge is -2.11. The number of hydrogen-bond donors (Lipinski definition) is 3. The third-order valence-corrected chi connectivity index (χ3v) is 3.89. The standard InChI is InChI=1S/C16H16ClN3O4S/c1-10(21)18-11-4-3-5-12(8-11)19-16(22)14-9-13(6-7-15(14)17)20-25(2,23)24/h3-9,20H,1-2H3,(H,18,21)(H,19,22). The monoisotopic (exact) mass is 381 g/mol. The Kier molecular flexibility index (Phi) is 5.66. The summed E-state index contributed by atoms with van der Waals surface area (Å²) in [6.45, 7) is 1.38. The van der Waals surface area contributed by atoms with Gasteiger partial charge in [0.25, 0.3) is 5.91 Å². The number of carbonyl (C=O) groups is 2. The van der Waals surface area contributed by atoms with E-state index in [1.807, 2.05) is 0 Å². The Bertz CT molecular complexity index is 929. The first-order chi connectivity index (χ1) is 11.6. The predicted octanol–water partition coefficient (Wildman–Crippen LogP) is 2.92. The highest BCUT2D eigenvalue weighted by Crippen LogP contribution is 2.23. The Morgan fingerprint density at radius 3 is 2.20 bits per heavy atom. The van der Waals surface area contributed by atoms with Gasteiger partial charge in [0.15, 0.2) is 0 Å². The fourth-order valence-electron chi connectivity index (χ4n) is 2.05. The van der Waals surface area contributed by atoms with Gasteiger partial charge in [-0.3, -0.25) is 14.3 Å². The maximum absolute atomic E-state index is 12.4. The second-order valence-corrected chi connectivity index (χ2v) is 7.44. The van der Waals surface area contributed by atoms with Gasteiger partial charge in [-0.05, 0) is 36.4 Å². The molecule has 0 saturated carbocycles. The van der Waals surface area contributed by atoms with E-state index in [0.29, 0.717) is 11.4 Å². The lowest BCUT2D eigenvalue weighted by molar-refractivity contribution is -0.114. The first-order valence-electron chi connectivity index (χ1n) is 7.10. The van der Waals surface area contributed by atoms with E-state index in [9.17, 15) is 18.0 Å². The minimum atomic E-state index is -3.47. The molecule has 0 atom stereocenters. The Labute approximate surface area is 150 Å². The van der Waals surface area contributed by atoms with E-state index in [0.717, 1.165) is 6.26 Å². The summed E-state index contributed by atoms with van der Waals surface area (Å²) in [5.74, 6) is -0.742. The molecule has 0 heterocycles. The molecule has 0 spiro atoms. The lowest BCUT2D eigenvalue weighted by atomic mass is 10.2. The number of amides is 2. The molecule has 0 fully saturated rings. The van der Waals surface area contributed by atoms with Gasteiger partial charge in [0.05, 0.1) is 16.8 Å². The van der Waals surface area contributed by atoms with E-state index in [1.165, 1.54) is 25.1 Å². The van der Waals surface area contributed by atoms with Crippen molar-refractivity contribution in [1.29, 1.82) is 0 Å². The molecule has 2 amide bonds. The van der Waals surface area contributed by atoms with Crippen LogP contribution in [0.4, 0.5) is 17.1 Å². The molecule has 132 valence electrons. The molecule has 0 aromatic heterocycles. The number of anilines is 3. The van der Waals surface area contributed by atoms with Gasteiger partial charge in [0.1, 0.15) is 0 Å². The molecular formula is C16H16ClN3O4S. The average molecular weight is 382 g/mol. The van der Waals surface area contributed by atoms with Crippen LogP contribution in [0.3, 0.4) is 0 Å². The maximum atomic E-state index is 12.4. The number of nitrogens with one attached hydrogen (secondary N) is 3. The highest BCUT2D eigenvalue weighted by molar-refractivity contribution is 7.92. The minimum Gasteiger partial charge on any atom is -0.326 e. The largest absolute Gasteiger partial charge is 0.326 e. The molecule has 25 heavy (non-hydrogen) atoms. The second kappa shape index (κ2) is 7.54. The first kappa shape index (κ1) is 18.8. The first-order valence-corrected chi connectivity index (χ1v) is 9.37. The number of rotatable bonds is 5. The molecule has 0 radical (unpaired) electrons. The van der Waals surface area contributed by atoms with Crippen molar-refractivity contribution in [3.8, 4) is 0 Å². The van der Waals surface area contributed by atoms with Crippen molar-refractivity contribution in [3.05, 3.63) is 53.1 Å². The van der Waals surface area contributed by atoms with Gasteiger partial charge in [-0.1, -0.05) is 17.7 Å². The molecular weight excluding hydrogens is 366 g/mol. The van der Waals surface area contributed by atoms with E-state index in [4.69, 9.17) is 11.6 Å². The second-order valence-electron chi connectivity index (χ2n) is 5.28. The van der Waals surface area contributed by atoms with Crippen LogP contribution in [-0.2, 0) is 14.8 Å². The van der Waals surface area contributed by atoms with Gasteiger partial charge in [-0.25, -0.2) is 8.42 Å². The zero-order valence-corrected chi connectivity index (χ0v) is 15.0. The molecule has 2 aromatic rings. The van der Waals surface area contributed by atoms with Crippen LogP contribution in [0.1, 0.15) is 17.3 Å². The van der Waals surface area contributed by atoms with Crippen LogP contribution in [0.2, 0.25) is 5.02 Å². The van der Waals surface area contributed by atoms with Crippen LogP contribution in [0.25, 0.3) is 0 Å². The summed E-state index contributed by atoms with van der Waals surface area (Å²) in [4.78, 5) is 23.5. The van der Waals surface area contributed by atoms with Crippen molar-refractivity contribution in [2.45, 2.75) is 6.92 Å². The van der Waals surface area contributed by atoms with Crippen molar-refractivity contribution in [1.82, 2.24) is 0 Å². The summed E-state index contributed by atoms with van der Waals surface area (Å²) < 4.78 is 24.9. The van der Waals surface area contributed by atoms with E-state index >= 15 is 0 Å². The summed E-state index contributed by atoms with van der Waals surface area (Å²) in [5.41, 5.74) is 1.32. The molecule has 0 aliphatic carbocycles. The van der Waals surface area contributed by atoms with Crippen molar-refractivity contribution >= 4 is 50.5 Å². The van der Waals surface area contributed by atoms with Gasteiger partial charge in [-0.2, -0.15) is 0 Å². The highest BCUT2D eigenvalue weighted by atomic mass is 35.5. The molecule has 0 saturated heterocycles. The summed E-state index contributed by atoms with van der Waals surface area (Å²) in [6, 6.07) is 10.8. The number of carbonyl (C=O) groups excluding carboxylic acids is 2. The van der Waals surface area contributed by atoms with Crippen molar-refractivity contribution in [2.75, 3.05) is 21.6 Å². The van der Waals surface area contributed by atoms with Crippen LogP contribution in [0.15, 0.2) is 42.5 Å². The Balaban J connectivity index is 2.23. The Hall–Kier alpha value is -2.58. The van der Waals surface area contributed by atoms with Crippen LogP contribution in [0, 0.1) is 0 Å². The smallest absolute Gasteiger partial charge is 0.257 e. The Morgan fingerprint density at radius 1 is 0.960 bits per heavy atom. The summed E-state index contributed by atoms with van der Waals surface area (Å²) in [5, 5.41) is 5.44. The average Bonchev–Trinajstić information content (AvgIpc) is 2.47. The van der Waals surface area contributed by atoms with Crippen molar-refractivity contribution < 1.29 is 18.0 Å². The molecule has 2 aromatic carbocycles. The highest BCUT2D eigenvalue weighted by Gasteiger charge is 2.13. The zero-order valence-electron chi connectivity index (χ0n) is 13.5. The third-order valence-electron chi connectivity index (χ3n) is 2.96. The molecule has 3 N–H and O–H groups in total. The van der Waals surface area contributed by atoms with E-state index in [2.05, 4.69) is 15.4 Å². The molecule has 7 nitrogen and oxygen atoms in total. The number of sulfonamides is 1. The van der Waals surface area contributed by atoms with Gasteiger partial charge < -0.3 is 10.6 Å². The molecule has 0 aliphatic rings. The molecule has 0 unspecified atom stereocenters. The topological polar surface area (TPSA) is 104 Å². The molecule has 2 rings (SSSR count). The van der Waals surface area contributed by atoms with E-state index in [1.54, 1.807) is 24.3 Å². The molecule has 0 bridgehead atoms. The summed E-state index contributed by atoms with van der Waals surface area (Å²) in [6.07, 6.45) is 1.01. The molecule has 9 heteroatoms. The lowest BCUT2D eigenvalue weighted by Crippen LogP contribution is -2.15. The fraction of sp³-hybridized carbons (Fsp3) is 0.125. The number of benzene rings is 2. The number of hydrogen-bond acceptors (Lipinski definition) is 4. The quantitative estimate of drug-likeness (QED) is 0.740. The van der Waals surface area contributed by atoms with Gasteiger partial charge in [0.2, 0.25) is 15.9 Å². The van der Waals surface area contributed by atoms with Crippen LogP contribution < -0.4 is 15.4 Å². The van der Waals surface area contributed by atoms with Crippen LogP contribution >= 0.6 is 11.6 Å². The summed E-state index contributed by atoms with van der Waals surface area (Å²) >= 11 is 6.03. The third kappa shape index (κ3) is 5.77. The SMILES string of the molecule is CC(=O)Nc1cccc(NC(=O)c2cc(NS(C)(=O)=O)ccc2Cl)c1. The van der Waals surface area contributed by atoms with Gasteiger partial charge >= 0.3 is 0 Å². The van der Waals surface area contributed by atoms with Crippen LogP contribution in [-0.4, -0.2) is 26.5 Å². The summed E-state index contributed by atoms with van der Waals surface area (Å²) in [7, 11) is -3.47. The predicted molar refractivity (Wildman–Crippen MR) is 98.6 cm³/mol. The van der Waals surface area contributed by atoms with E-state index < -0.39 is 15.9 Å². The molecule has 0 aliphatic heterocycles. The zero-order chi connectivity index (χ0) is 18.6. The van der Waals surface area contributed by atoms with Crippen molar-refractivity contribution in [3.63, 3.8) is 0 Å². The van der Waals surface area contributed by atoms with Gasteiger partial charge in [-0.15, -0.1) is 0 Å². The Morgan fingerprint density at radius 2 is 1.60 bits per heavy atom. The van der Waals surface area contributed by atoms with Crippen molar-refractivity contribution in [2.24, 2.45) is 0 Å². The fourth-order valence-corrected chi connectivity index (χ4v) is 2.81. The number of halogens is 1. The minimum absolute atomic E-state index is 0.111. The van der Waals surface area contributed by atoms with Crippen LogP contribution in [0.5, 0.6) is 0 Å². The van der Waals surface area contributed by atoms with Gasteiger partial charge in [0, 0.05) is 24.0 Å². The maximum Gasteiger partial charge on any atom is 0.257 e. The normalized spacial score (nSPS) is 10.8. The van der Waals surface area contributed by atoms with E-state index in [-0.39, 0.29) is 22.2 Å².